The first kappa shape index (κ1) is 13.3. The Hall–Kier alpha value is -0.690. The van der Waals surface area contributed by atoms with Crippen molar-refractivity contribution < 1.29 is 24.5 Å². The van der Waals surface area contributed by atoms with Crippen molar-refractivity contribution >= 4 is 5.91 Å². The van der Waals surface area contributed by atoms with Gasteiger partial charge in [0.25, 0.3) is 0 Å². The van der Waals surface area contributed by atoms with E-state index < -0.39 is 24.2 Å². The second kappa shape index (κ2) is 6.72. The van der Waals surface area contributed by atoms with Gasteiger partial charge in [-0.25, -0.2) is 0 Å². The molecular weight excluding hydrogens is 190 g/mol. The van der Waals surface area contributed by atoms with Crippen molar-refractivity contribution in [2.24, 2.45) is 5.73 Å². The van der Waals surface area contributed by atoms with Gasteiger partial charge in [0.2, 0.25) is 5.91 Å². The highest BCUT2D eigenvalue weighted by Crippen LogP contribution is 2.08. The van der Waals surface area contributed by atoms with Crippen molar-refractivity contribution in [2.45, 2.75) is 24.7 Å². The third-order valence-electron chi connectivity index (χ3n) is 1.78. The van der Waals surface area contributed by atoms with Gasteiger partial charge in [-0.05, 0) is 0 Å². The molecule has 0 aromatic rings. The molecule has 0 unspecified atom stereocenters. The second-order valence-corrected chi connectivity index (χ2v) is 2.96. The van der Waals surface area contributed by atoms with Crippen LogP contribution in [0.2, 0.25) is 0 Å². The number of nitrogens with two attached hydrogens (primary N) is 1. The van der Waals surface area contributed by atoms with E-state index in [0.717, 1.165) is 0 Å². The van der Waals surface area contributed by atoms with Gasteiger partial charge >= 0.3 is 0 Å². The predicted molar refractivity (Wildman–Crippen MR) is 48.5 cm³/mol. The zero-order valence-corrected chi connectivity index (χ0v) is 8.34. The molecule has 0 spiro atoms. The number of carbonyl (C=O) groups is 1. The summed E-state index contributed by atoms with van der Waals surface area (Å²) in [4.78, 5) is 10.5. The van der Waals surface area contributed by atoms with Crippen molar-refractivity contribution in [3.05, 3.63) is 0 Å². The number of methoxy groups -OCH3 is 2. The lowest BCUT2D eigenvalue weighted by Crippen LogP contribution is -2.43. The molecule has 0 saturated carbocycles. The van der Waals surface area contributed by atoms with Crippen LogP contribution in [0.1, 0.15) is 6.42 Å². The largest absolute Gasteiger partial charge is 0.390 e. The number of ether oxygens (including phenoxy) is 2. The minimum absolute atomic E-state index is 0.0222. The lowest BCUT2D eigenvalue weighted by Gasteiger charge is -2.25. The summed E-state index contributed by atoms with van der Waals surface area (Å²) in [7, 11) is 2.74. The number of amides is 1. The van der Waals surface area contributed by atoms with Crippen LogP contribution in [0.5, 0.6) is 0 Å². The maximum absolute atomic E-state index is 10.5. The van der Waals surface area contributed by atoms with Crippen molar-refractivity contribution in [3.8, 4) is 0 Å². The lowest BCUT2D eigenvalue weighted by atomic mass is 10.1. The number of hydrogen-bond acceptors (Lipinski definition) is 5. The van der Waals surface area contributed by atoms with Crippen LogP contribution in [0.15, 0.2) is 0 Å². The number of aliphatic hydroxyl groups is 2. The van der Waals surface area contributed by atoms with Gasteiger partial charge < -0.3 is 25.4 Å². The topological polar surface area (TPSA) is 102 Å². The molecule has 0 aliphatic rings. The molecule has 0 bridgehead atoms. The fourth-order valence-electron chi connectivity index (χ4n) is 1.16. The molecule has 0 saturated heterocycles. The van der Waals surface area contributed by atoms with E-state index in [0.29, 0.717) is 0 Å². The average Bonchev–Trinajstić information content (AvgIpc) is 2.04. The monoisotopic (exact) mass is 207 g/mol. The molecule has 3 atom stereocenters. The third kappa shape index (κ3) is 4.52. The zero-order chi connectivity index (χ0) is 11.1. The first-order valence-electron chi connectivity index (χ1n) is 4.19. The van der Waals surface area contributed by atoms with Crippen LogP contribution in [0.3, 0.4) is 0 Å². The van der Waals surface area contributed by atoms with Crippen LogP contribution < -0.4 is 5.73 Å². The Labute approximate surface area is 82.6 Å². The Bertz CT molecular complexity index is 175. The molecule has 6 heteroatoms. The van der Waals surface area contributed by atoms with Gasteiger partial charge in [-0.2, -0.15) is 0 Å². The molecule has 0 aliphatic heterocycles. The smallest absolute Gasteiger partial charge is 0.220 e. The quantitative estimate of drug-likeness (QED) is 0.459. The van der Waals surface area contributed by atoms with Gasteiger partial charge in [-0.15, -0.1) is 0 Å². The molecule has 0 aromatic carbocycles. The standard InChI is InChI=1S/C8H17NO5/c1-13-4-6(11)8(14-2)5(10)3-7(9)12/h5-6,8,10-11H,3-4H2,1-2H3,(H2,9,12)/t5-,6-,8+/m1/s1. The summed E-state index contributed by atoms with van der Waals surface area (Å²) in [6.45, 7) is 0.0222. The molecule has 0 fully saturated rings. The van der Waals surface area contributed by atoms with Crippen molar-refractivity contribution in [1.82, 2.24) is 0 Å². The Morgan fingerprint density at radius 2 is 1.93 bits per heavy atom. The minimum atomic E-state index is -1.12. The predicted octanol–water partition coefficient (Wildman–Crippen LogP) is -1.75. The molecule has 6 nitrogen and oxygen atoms in total. The molecule has 0 heterocycles. The van der Waals surface area contributed by atoms with E-state index in [2.05, 4.69) is 4.74 Å². The number of aliphatic hydroxyl groups excluding tert-OH is 2. The van der Waals surface area contributed by atoms with Crippen LogP contribution in [-0.2, 0) is 14.3 Å². The first-order chi connectivity index (χ1) is 6.52. The van der Waals surface area contributed by atoms with E-state index in [-0.39, 0.29) is 13.0 Å². The summed E-state index contributed by atoms with van der Waals surface area (Å²) in [5.41, 5.74) is 4.89. The van der Waals surface area contributed by atoms with Crippen LogP contribution in [0.25, 0.3) is 0 Å². The summed E-state index contributed by atoms with van der Waals surface area (Å²) >= 11 is 0. The van der Waals surface area contributed by atoms with Gasteiger partial charge in [-0.1, -0.05) is 0 Å². The summed E-state index contributed by atoms with van der Waals surface area (Å²) in [5.74, 6) is -0.649. The number of rotatable bonds is 7. The van der Waals surface area contributed by atoms with E-state index in [4.69, 9.17) is 10.5 Å². The van der Waals surface area contributed by atoms with Gasteiger partial charge in [0.05, 0.1) is 19.1 Å². The van der Waals surface area contributed by atoms with E-state index >= 15 is 0 Å². The van der Waals surface area contributed by atoms with Crippen molar-refractivity contribution in [2.75, 3.05) is 20.8 Å². The molecule has 84 valence electrons. The summed E-state index contributed by atoms with van der Waals surface area (Å²) in [5, 5.41) is 18.9. The van der Waals surface area contributed by atoms with Crippen LogP contribution in [0.4, 0.5) is 0 Å². The molecular formula is C8H17NO5. The van der Waals surface area contributed by atoms with Gasteiger partial charge in [0, 0.05) is 14.2 Å². The van der Waals surface area contributed by atoms with Gasteiger partial charge in [0.1, 0.15) is 12.2 Å². The van der Waals surface area contributed by atoms with Crippen LogP contribution in [-0.4, -0.2) is 55.3 Å². The molecule has 4 N–H and O–H groups in total. The van der Waals surface area contributed by atoms with Crippen molar-refractivity contribution in [1.29, 1.82) is 0 Å². The Morgan fingerprint density at radius 1 is 1.36 bits per heavy atom. The SMILES string of the molecule is COC[C@@H](O)[C@@H](OC)[C@H](O)CC(N)=O. The number of carbonyl (C=O) groups excluding carboxylic acids is 1. The maximum Gasteiger partial charge on any atom is 0.220 e. The average molecular weight is 207 g/mol. The normalized spacial score (nSPS) is 17.4. The lowest BCUT2D eigenvalue weighted by molar-refractivity contribution is -0.128. The van der Waals surface area contributed by atoms with E-state index in [1.807, 2.05) is 0 Å². The third-order valence-corrected chi connectivity index (χ3v) is 1.78. The first-order valence-corrected chi connectivity index (χ1v) is 4.19. The van der Waals surface area contributed by atoms with E-state index in [1.54, 1.807) is 0 Å². The number of primary amides is 1. The second-order valence-electron chi connectivity index (χ2n) is 2.96. The number of hydrogen-bond donors (Lipinski definition) is 3. The van der Waals surface area contributed by atoms with Crippen LogP contribution >= 0.6 is 0 Å². The zero-order valence-electron chi connectivity index (χ0n) is 8.34. The fourth-order valence-corrected chi connectivity index (χ4v) is 1.16. The highest BCUT2D eigenvalue weighted by molar-refractivity contribution is 5.74. The Balaban J connectivity index is 4.16. The fraction of sp³-hybridized carbons (Fsp3) is 0.875. The minimum Gasteiger partial charge on any atom is -0.390 e. The highest BCUT2D eigenvalue weighted by Gasteiger charge is 2.27. The molecule has 14 heavy (non-hydrogen) atoms. The van der Waals surface area contributed by atoms with E-state index in [1.165, 1.54) is 14.2 Å². The molecule has 0 aliphatic carbocycles. The summed E-state index contributed by atoms with van der Waals surface area (Å²) in [6, 6.07) is 0. The molecule has 0 radical (unpaired) electrons. The highest BCUT2D eigenvalue weighted by atomic mass is 16.5. The van der Waals surface area contributed by atoms with Crippen LogP contribution in [0, 0.1) is 0 Å². The van der Waals surface area contributed by atoms with E-state index in [9.17, 15) is 15.0 Å². The van der Waals surface area contributed by atoms with Gasteiger partial charge in [0.15, 0.2) is 0 Å². The Morgan fingerprint density at radius 3 is 2.29 bits per heavy atom. The summed E-state index contributed by atoms with van der Waals surface area (Å²) < 4.78 is 9.52. The summed E-state index contributed by atoms with van der Waals surface area (Å²) in [6.07, 6.45) is -3.23. The maximum atomic E-state index is 10.5. The van der Waals surface area contributed by atoms with Gasteiger partial charge in [-0.3, -0.25) is 4.79 Å². The van der Waals surface area contributed by atoms with Crippen molar-refractivity contribution in [3.63, 3.8) is 0 Å². The molecule has 1 amide bonds. The Kier molecular flexibility index (Phi) is 6.39. The molecule has 0 aromatic heterocycles. The molecule has 0 rings (SSSR count).